The normalized spacial score (nSPS) is 19.6. The average Bonchev–Trinajstić information content (AvgIpc) is 2.33. The molecule has 2 rings (SSSR count). The Bertz CT molecular complexity index is 431. The Morgan fingerprint density at radius 2 is 2.06 bits per heavy atom. The van der Waals surface area contributed by atoms with Crippen molar-refractivity contribution in [2.24, 2.45) is 0 Å². The maximum absolute atomic E-state index is 11.9. The zero-order chi connectivity index (χ0) is 12.3. The zero-order valence-corrected chi connectivity index (χ0v) is 10.8. The second-order valence-corrected chi connectivity index (χ2v) is 4.88. The number of piperidine rings is 1. The van der Waals surface area contributed by atoms with Gasteiger partial charge in [-0.3, -0.25) is 9.59 Å². The van der Waals surface area contributed by atoms with Crippen molar-refractivity contribution in [1.29, 1.82) is 0 Å². The van der Waals surface area contributed by atoms with E-state index in [0.717, 1.165) is 10.9 Å². The summed E-state index contributed by atoms with van der Waals surface area (Å²) in [7, 11) is 0. The molecular formula is C12H13BrN2O2. The van der Waals surface area contributed by atoms with E-state index in [2.05, 4.69) is 26.6 Å². The third-order valence-electron chi connectivity index (χ3n) is 2.70. The van der Waals surface area contributed by atoms with Crippen LogP contribution in [0.4, 0.5) is 0 Å². The maximum Gasteiger partial charge on any atom is 0.251 e. The van der Waals surface area contributed by atoms with Gasteiger partial charge in [0.2, 0.25) is 5.91 Å². The van der Waals surface area contributed by atoms with Gasteiger partial charge in [0.25, 0.3) is 5.91 Å². The van der Waals surface area contributed by atoms with E-state index in [-0.39, 0.29) is 11.8 Å². The van der Waals surface area contributed by atoms with Crippen LogP contribution in [0, 0.1) is 0 Å². The minimum absolute atomic E-state index is 0.0956. The standard InChI is InChI=1S/C12H13BrN2O2/c13-9-5-3-8(4-6-9)11(16)15-10-2-1-7-14-12(10)17/h3-6,10H,1-2,7H2,(H,14,17)(H,15,16)/t10-/m1/s1. The first-order valence-corrected chi connectivity index (χ1v) is 6.30. The first-order valence-electron chi connectivity index (χ1n) is 5.51. The number of carbonyl (C=O) groups is 2. The number of nitrogens with one attached hydrogen (secondary N) is 2. The van der Waals surface area contributed by atoms with E-state index < -0.39 is 6.04 Å². The first-order chi connectivity index (χ1) is 8.16. The molecule has 17 heavy (non-hydrogen) atoms. The molecule has 1 atom stereocenters. The van der Waals surface area contributed by atoms with Crippen molar-refractivity contribution in [2.75, 3.05) is 6.54 Å². The van der Waals surface area contributed by atoms with Crippen LogP contribution in [-0.4, -0.2) is 24.4 Å². The smallest absolute Gasteiger partial charge is 0.251 e. The molecule has 90 valence electrons. The van der Waals surface area contributed by atoms with Gasteiger partial charge in [0.15, 0.2) is 0 Å². The van der Waals surface area contributed by atoms with E-state index in [1.165, 1.54) is 0 Å². The van der Waals surface area contributed by atoms with Gasteiger partial charge in [-0.1, -0.05) is 15.9 Å². The third kappa shape index (κ3) is 3.06. The number of hydrogen-bond acceptors (Lipinski definition) is 2. The molecule has 0 bridgehead atoms. The second-order valence-electron chi connectivity index (χ2n) is 3.97. The molecule has 1 aliphatic rings. The molecule has 1 aliphatic heterocycles. The summed E-state index contributed by atoms with van der Waals surface area (Å²) in [6.07, 6.45) is 1.60. The molecule has 1 heterocycles. The molecule has 1 aromatic rings. The summed E-state index contributed by atoms with van der Waals surface area (Å²) in [6.45, 7) is 0.698. The van der Waals surface area contributed by atoms with E-state index >= 15 is 0 Å². The summed E-state index contributed by atoms with van der Waals surface area (Å²) >= 11 is 3.31. The maximum atomic E-state index is 11.9. The summed E-state index contributed by atoms with van der Waals surface area (Å²) in [5.41, 5.74) is 0.562. The lowest BCUT2D eigenvalue weighted by atomic mass is 10.1. The van der Waals surface area contributed by atoms with Crippen LogP contribution in [0.1, 0.15) is 23.2 Å². The largest absolute Gasteiger partial charge is 0.354 e. The number of benzene rings is 1. The van der Waals surface area contributed by atoms with Gasteiger partial charge in [0, 0.05) is 16.6 Å². The van der Waals surface area contributed by atoms with Gasteiger partial charge in [0.1, 0.15) is 6.04 Å². The predicted octanol–water partition coefficient (Wildman–Crippen LogP) is 1.46. The van der Waals surface area contributed by atoms with Crippen LogP contribution < -0.4 is 10.6 Å². The lowest BCUT2D eigenvalue weighted by Gasteiger charge is -2.22. The molecule has 0 aliphatic carbocycles. The summed E-state index contributed by atoms with van der Waals surface area (Å²) in [5.74, 6) is -0.304. The molecule has 4 nitrogen and oxygen atoms in total. The van der Waals surface area contributed by atoms with E-state index in [9.17, 15) is 9.59 Å². The molecule has 1 fully saturated rings. The number of carbonyl (C=O) groups excluding carboxylic acids is 2. The Labute approximate surface area is 108 Å². The van der Waals surface area contributed by atoms with Crippen LogP contribution in [0.5, 0.6) is 0 Å². The second kappa shape index (κ2) is 5.31. The Hall–Kier alpha value is -1.36. The Morgan fingerprint density at radius 1 is 1.35 bits per heavy atom. The molecule has 0 spiro atoms. The quantitative estimate of drug-likeness (QED) is 0.868. The molecule has 0 aromatic heterocycles. The van der Waals surface area contributed by atoms with Crippen molar-refractivity contribution in [3.8, 4) is 0 Å². The monoisotopic (exact) mass is 296 g/mol. The summed E-state index contributed by atoms with van der Waals surface area (Å²) in [5, 5.41) is 5.47. The minimum Gasteiger partial charge on any atom is -0.354 e. The Kier molecular flexibility index (Phi) is 3.78. The molecule has 2 N–H and O–H groups in total. The number of hydrogen-bond donors (Lipinski definition) is 2. The Balaban J connectivity index is 2.01. The zero-order valence-electron chi connectivity index (χ0n) is 9.20. The van der Waals surface area contributed by atoms with Crippen molar-refractivity contribution in [2.45, 2.75) is 18.9 Å². The predicted molar refractivity (Wildman–Crippen MR) is 67.6 cm³/mol. The van der Waals surface area contributed by atoms with Crippen LogP contribution in [-0.2, 0) is 4.79 Å². The molecule has 0 unspecified atom stereocenters. The van der Waals surface area contributed by atoms with Gasteiger partial charge < -0.3 is 10.6 Å². The molecule has 5 heteroatoms. The topological polar surface area (TPSA) is 58.2 Å². The molecule has 1 saturated heterocycles. The van der Waals surface area contributed by atoms with E-state index in [4.69, 9.17) is 0 Å². The van der Waals surface area contributed by atoms with Crippen molar-refractivity contribution in [3.63, 3.8) is 0 Å². The van der Waals surface area contributed by atoms with E-state index in [1.54, 1.807) is 24.3 Å². The minimum atomic E-state index is -0.403. The molecule has 0 radical (unpaired) electrons. The van der Waals surface area contributed by atoms with Gasteiger partial charge >= 0.3 is 0 Å². The van der Waals surface area contributed by atoms with Gasteiger partial charge in [-0.05, 0) is 37.1 Å². The van der Waals surface area contributed by atoms with Crippen LogP contribution in [0.3, 0.4) is 0 Å². The lowest BCUT2D eigenvalue weighted by molar-refractivity contribution is -0.124. The average molecular weight is 297 g/mol. The highest BCUT2D eigenvalue weighted by molar-refractivity contribution is 9.10. The van der Waals surface area contributed by atoms with Crippen molar-refractivity contribution in [3.05, 3.63) is 34.3 Å². The fourth-order valence-electron chi connectivity index (χ4n) is 1.75. The van der Waals surface area contributed by atoms with Gasteiger partial charge in [0.05, 0.1) is 0 Å². The molecule has 0 saturated carbocycles. The molecule has 1 aromatic carbocycles. The van der Waals surface area contributed by atoms with Crippen LogP contribution >= 0.6 is 15.9 Å². The summed E-state index contributed by atoms with van der Waals surface area (Å²) < 4.78 is 0.921. The molecular weight excluding hydrogens is 284 g/mol. The van der Waals surface area contributed by atoms with Crippen LogP contribution in [0.2, 0.25) is 0 Å². The third-order valence-corrected chi connectivity index (χ3v) is 3.23. The van der Waals surface area contributed by atoms with Crippen LogP contribution in [0.25, 0.3) is 0 Å². The lowest BCUT2D eigenvalue weighted by Crippen LogP contribution is -2.50. The fourth-order valence-corrected chi connectivity index (χ4v) is 2.02. The van der Waals surface area contributed by atoms with Crippen LogP contribution in [0.15, 0.2) is 28.7 Å². The fraction of sp³-hybridized carbons (Fsp3) is 0.333. The van der Waals surface area contributed by atoms with Gasteiger partial charge in [-0.2, -0.15) is 0 Å². The van der Waals surface area contributed by atoms with Gasteiger partial charge in [-0.25, -0.2) is 0 Å². The van der Waals surface area contributed by atoms with Crippen molar-refractivity contribution < 1.29 is 9.59 Å². The number of rotatable bonds is 2. The summed E-state index contributed by atoms with van der Waals surface area (Å²) in [4.78, 5) is 23.3. The van der Waals surface area contributed by atoms with E-state index in [0.29, 0.717) is 18.5 Å². The highest BCUT2D eigenvalue weighted by Crippen LogP contribution is 2.11. The van der Waals surface area contributed by atoms with E-state index in [1.807, 2.05) is 0 Å². The molecule has 2 amide bonds. The first kappa shape index (κ1) is 12.1. The van der Waals surface area contributed by atoms with Crippen molar-refractivity contribution in [1.82, 2.24) is 10.6 Å². The highest BCUT2D eigenvalue weighted by atomic mass is 79.9. The number of amides is 2. The SMILES string of the molecule is O=C(N[C@@H]1CCCNC1=O)c1ccc(Br)cc1. The Morgan fingerprint density at radius 3 is 2.71 bits per heavy atom. The summed E-state index contributed by atoms with van der Waals surface area (Å²) in [6, 6.07) is 6.64. The van der Waals surface area contributed by atoms with Gasteiger partial charge in [-0.15, -0.1) is 0 Å². The number of halogens is 1. The highest BCUT2D eigenvalue weighted by Gasteiger charge is 2.23. The van der Waals surface area contributed by atoms with Crippen molar-refractivity contribution >= 4 is 27.7 Å².